The van der Waals surface area contributed by atoms with Crippen molar-refractivity contribution in [3.8, 4) is 17.7 Å². The van der Waals surface area contributed by atoms with E-state index in [0.717, 1.165) is 12.1 Å². The Hall–Kier alpha value is -2.48. The molecule has 17 heavy (non-hydrogen) atoms. The molecule has 0 aliphatic heterocycles. The van der Waals surface area contributed by atoms with Crippen molar-refractivity contribution in [2.75, 3.05) is 0 Å². The second-order valence-corrected chi connectivity index (χ2v) is 3.15. The summed E-state index contributed by atoms with van der Waals surface area (Å²) in [5.74, 6) is -1.84. The topological polar surface area (TPSA) is 45.9 Å². The zero-order chi connectivity index (χ0) is 12.3. The summed E-state index contributed by atoms with van der Waals surface area (Å²) in [6, 6.07) is 8.08. The number of ether oxygens (including phenoxy) is 1. The Labute approximate surface area is 95.9 Å². The minimum Gasteiger partial charge on any atom is -0.438 e. The van der Waals surface area contributed by atoms with Gasteiger partial charge in [-0.15, -0.1) is 0 Å². The third kappa shape index (κ3) is 2.37. The van der Waals surface area contributed by atoms with Crippen molar-refractivity contribution in [2.45, 2.75) is 0 Å². The lowest BCUT2D eigenvalue weighted by Gasteiger charge is -2.05. The summed E-state index contributed by atoms with van der Waals surface area (Å²) < 4.78 is 30.8. The number of rotatable bonds is 2. The molecule has 0 spiro atoms. The van der Waals surface area contributed by atoms with Crippen LogP contribution in [-0.2, 0) is 0 Å². The van der Waals surface area contributed by atoms with Crippen LogP contribution in [-0.4, -0.2) is 4.98 Å². The molecular weight excluding hydrogens is 226 g/mol. The van der Waals surface area contributed by atoms with Crippen molar-refractivity contribution in [3.05, 3.63) is 53.7 Å². The summed E-state index contributed by atoms with van der Waals surface area (Å²) in [4.78, 5) is 3.84. The van der Waals surface area contributed by atoms with Crippen molar-refractivity contribution in [3.63, 3.8) is 0 Å². The fourth-order valence-electron chi connectivity index (χ4n) is 1.21. The first-order valence-electron chi connectivity index (χ1n) is 4.69. The largest absolute Gasteiger partial charge is 0.438 e. The van der Waals surface area contributed by atoms with E-state index < -0.39 is 11.6 Å². The summed E-state index contributed by atoms with van der Waals surface area (Å²) in [5.41, 5.74) is 0.220. The van der Waals surface area contributed by atoms with E-state index in [1.165, 1.54) is 18.3 Å². The van der Waals surface area contributed by atoms with Crippen LogP contribution in [0.3, 0.4) is 0 Å². The van der Waals surface area contributed by atoms with Crippen molar-refractivity contribution in [1.29, 1.82) is 5.26 Å². The smallest absolute Gasteiger partial charge is 0.237 e. The summed E-state index contributed by atoms with van der Waals surface area (Å²) in [5, 5.41) is 8.79. The Morgan fingerprint density at radius 3 is 2.71 bits per heavy atom. The standard InChI is InChI=1S/C12H6F2N2O/c13-10-4-3-9(6-11(10)14)17-12-8(7-15)2-1-5-16-12/h1-6H. The highest BCUT2D eigenvalue weighted by atomic mass is 19.2. The normalized spacial score (nSPS) is 9.71. The van der Waals surface area contributed by atoms with Crippen LogP contribution in [0.25, 0.3) is 0 Å². The average molecular weight is 232 g/mol. The minimum atomic E-state index is -1.02. The van der Waals surface area contributed by atoms with Gasteiger partial charge >= 0.3 is 0 Å². The fourth-order valence-corrected chi connectivity index (χ4v) is 1.21. The van der Waals surface area contributed by atoms with Crippen LogP contribution in [0.15, 0.2) is 36.5 Å². The lowest BCUT2D eigenvalue weighted by Crippen LogP contribution is -1.92. The molecule has 0 aliphatic rings. The summed E-state index contributed by atoms with van der Waals surface area (Å²) in [6.45, 7) is 0. The first-order chi connectivity index (χ1) is 8.20. The van der Waals surface area contributed by atoms with E-state index in [0.29, 0.717) is 0 Å². The van der Waals surface area contributed by atoms with Crippen LogP contribution in [0, 0.1) is 23.0 Å². The minimum absolute atomic E-state index is 0.0565. The number of benzene rings is 1. The maximum absolute atomic E-state index is 12.9. The van der Waals surface area contributed by atoms with Crippen molar-refractivity contribution < 1.29 is 13.5 Å². The average Bonchev–Trinajstić information content (AvgIpc) is 2.34. The molecule has 3 nitrogen and oxygen atoms in total. The van der Waals surface area contributed by atoms with Gasteiger partial charge in [0.15, 0.2) is 11.6 Å². The number of nitrogens with zero attached hydrogens (tertiary/aromatic N) is 2. The lowest BCUT2D eigenvalue weighted by atomic mass is 10.3. The monoisotopic (exact) mass is 232 g/mol. The van der Waals surface area contributed by atoms with Crippen LogP contribution in [0.1, 0.15) is 5.56 Å². The Morgan fingerprint density at radius 2 is 2.00 bits per heavy atom. The SMILES string of the molecule is N#Cc1cccnc1Oc1ccc(F)c(F)c1. The quantitative estimate of drug-likeness (QED) is 0.799. The predicted octanol–water partition coefficient (Wildman–Crippen LogP) is 3.02. The van der Waals surface area contributed by atoms with E-state index in [-0.39, 0.29) is 17.2 Å². The highest BCUT2D eigenvalue weighted by Crippen LogP contribution is 2.23. The van der Waals surface area contributed by atoms with Crippen molar-refractivity contribution >= 4 is 0 Å². The van der Waals surface area contributed by atoms with Gasteiger partial charge in [-0.05, 0) is 24.3 Å². The molecule has 2 aromatic rings. The Morgan fingerprint density at radius 1 is 1.18 bits per heavy atom. The van der Waals surface area contributed by atoms with Gasteiger partial charge in [0.1, 0.15) is 17.4 Å². The molecule has 1 heterocycles. The van der Waals surface area contributed by atoms with Gasteiger partial charge in [0.05, 0.1) is 0 Å². The molecule has 0 aliphatic carbocycles. The number of pyridine rings is 1. The highest BCUT2D eigenvalue weighted by Gasteiger charge is 2.08. The molecule has 0 N–H and O–H groups in total. The molecule has 0 atom stereocenters. The summed E-state index contributed by atoms with van der Waals surface area (Å²) in [6.07, 6.45) is 1.44. The highest BCUT2D eigenvalue weighted by molar-refractivity contribution is 5.40. The van der Waals surface area contributed by atoms with Crippen LogP contribution < -0.4 is 4.74 Å². The molecule has 84 valence electrons. The van der Waals surface area contributed by atoms with Gasteiger partial charge in [0.25, 0.3) is 0 Å². The number of halogens is 2. The number of nitriles is 1. The zero-order valence-electron chi connectivity index (χ0n) is 8.52. The van der Waals surface area contributed by atoms with E-state index >= 15 is 0 Å². The van der Waals surface area contributed by atoms with Crippen LogP contribution in [0.4, 0.5) is 8.78 Å². The Bertz CT molecular complexity index is 593. The molecule has 5 heteroatoms. The molecule has 1 aromatic heterocycles. The number of hydrogen-bond acceptors (Lipinski definition) is 3. The van der Waals surface area contributed by atoms with E-state index in [9.17, 15) is 8.78 Å². The van der Waals surface area contributed by atoms with Gasteiger partial charge in [0, 0.05) is 12.3 Å². The molecular formula is C12H6F2N2O. The molecule has 1 aromatic carbocycles. The first kappa shape index (κ1) is 11.0. The van der Waals surface area contributed by atoms with E-state index in [2.05, 4.69) is 4.98 Å². The van der Waals surface area contributed by atoms with Gasteiger partial charge in [-0.1, -0.05) is 0 Å². The lowest BCUT2D eigenvalue weighted by molar-refractivity contribution is 0.446. The molecule has 2 rings (SSSR count). The summed E-state index contributed by atoms with van der Waals surface area (Å²) >= 11 is 0. The second-order valence-electron chi connectivity index (χ2n) is 3.15. The van der Waals surface area contributed by atoms with Crippen molar-refractivity contribution in [2.24, 2.45) is 0 Å². The van der Waals surface area contributed by atoms with Gasteiger partial charge in [0.2, 0.25) is 5.88 Å². The molecule has 0 bridgehead atoms. The van der Waals surface area contributed by atoms with E-state index in [1.54, 1.807) is 6.07 Å². The number of aromatic nitrogens is 1. The zero-order valence-corrected chi connectivity index (χ0v) is 8.52. The summed E-state index contributed by atoms with van der Waals surface area (Å²) in [7, 11) is 0. The van der Waals surface area contributed by atoms with Crippen LogP contribution >= 0.6 is 0 Å². The maximum atomic E-state index is 12.9. The van der Waals surface area contributed by atoms with Crippen molar-refractivity contribution in [1.82, 2.24) is 4.98 Å². The predicted molar refractivity (Wildman–Crippen MR) is 55.4 cm³/mol. The van der Waals surface area contributed by atoms with Gasteiger partial charge in [-0.2, -0.15) is 5.26 Å². The van der Waals surface area contributed by atoms with Crippen LogP contribution in [0.2, 0.25) is 0 Å². The van der Waals surface area contributed by atoms with Gasteiger partial charge in [-0.25, -0.2) is 13.8 Å². The van der Waals surface area contributed by atoms with E-state index in [4.69, 9.17) is 10.00 Å². The molecule has 0 unspecified atom stereocenters. The second kappa shape index (κ2) is 4.58. The van der Waals surface area contributed by atoms with Gasteiger partial charge in [-0.3, -0.25) is 0 Å². The van der Waals surface area contributed by atoms with Gasteiger partial charge < -0.3 is 4.74 Å². The maximum Gasteiger partial charge on any atom is 0.237 e. The third-order valence-corrected chi connectivity index (χ3v) is 2.00. The molecule has 0 saturated carbocycles. The van der Waals surface area contributed by atoms with E-state index in [1.807, 2.05) is 6.07 Å². The fraction of sp³-hybridized carbons (Fsp3) is 0. The first-order valence-corrected chi connectivity index (χ1v) is 4.69. The third-order valence-electron chi connectivity index (χ3n) is 2.00. The molecule has 0 amide bonds. The van der Waals surface area contributed by atoms with Crippen LogP contribution in [0.5, 0.6) is 11.6 Å². The number of hydrogen-bond donors (Lipinski definition) is 0. The molecule has 0 saturated heterocycles. The Balaban J connectivity index is 2.32. The molecule has 0 radical (unpaired) electrons. The Kier molecular flexibility index (Phi) is 2.97. The molecule has 0 fully saturated rings.